The summed E-state index contributed by atoms with van der Waals surface area (Å²) in [5, 5.41) is 0. The molecule has 20 heavy (non-hydrogen) atoms. The SMILES string of the molecule is CCCc1nc2cc(N)ccc2n1CCn1ccnc1. The number of rotatable bonds is 5. The molecule has 0 aliphatic heterocycles. The standard InChI is InChI=1S/C15H19N5/c1-2-3-15-18-13-10-12(16)4-5-14(13)20(15)9-8-19-7-6-17-11-19/h4-7,10-11H,2-3,8-9,16H2,1H3. The number of aromatic nitrogens is 4. The molecule has 5 heteroatoms. The molecule has 3 rings (SSSR count). The molecule has 0 atom stereocenters. The molecule has 0 saturated carbocycles. The molecule has 0 bridgehead atoms. The van der Waals surface area contributed by atoms with Gasteiger partial charge in [0.1, 0.15) is 5.82 Å². The van der Waals surface area contributed by atoms with E-state index in [1.807, 2.05) is 24.7 Å². The number of aryl methyl sites for hydroxylation is 3. The summed E-state index contributed by atoms with van der Waals surface area (Å²) in [4.78, 5) is 8.80. The molecular weight excluding hydrogens is 250 g/mol. The van der Waals surface area contributed by atoms with Gasteiger partial charge in [-0.3, -0.25) is 0 Å². The maximum Gasteiger partial charge on any atom is 0.109 e. The predicted octanol–water partition coefficient (Wildman–Crippen LogP) is 2.47. The lowest BCUT2D eigenvalue weighted by Gasteiger charge is -2.09. The molecule has 0 saturated heterocycles. The zero-order chi connectivity index (χ0) is 13.9. The summed E-state index contributed by atoms with van der Waals surface area (Å²) < 4.78 is 4.37. The first-order valence-electron chi connectivity index (χ1n) is 6.98. The number of nitrogens with two attached hydrogens (primary N) is 1. The molecule has 2 N–H and O–H groups in total. The summed E-state index contributed by atoms with van der Waals surface area (Å²) in [6.45, 7) is 3.96. The largest absolute Gasteiger partial charge is 0.399 e. The van der Waals surface area contributed by atoms with Crippen molar-refractivity contribution in [1.82, 2.24) is 19.1 Å². The first kappa shape index (κ1) is 12.7. The number of hydrogen-bond donors (Lipinski definition) is 1. The monoisotopic (exact) mass is 269 g/mol. The summed E-state index contributed by atoms with van der Waals surface area (Å²) in [6, 6.07) is 5.94. The van der Waals surface area contributed by atoms with Crippen molar-refractivity contribution in [2.75, 3.05) is 5.73 Å². The molecule has 3 aromatic rings. The van der Waals surface area contributed by atoms with Crippen LogP contribution in [0.3, 0.4) is 0 Å². The highest BCUT2D eigenvalue weighted by Crippen LogP contribution is 2.20. The van der Waals surface area contributed by atoms with Gasteiger partial charge in [0, 0.05) is 37.6 Å². The van der Waals surface area contributed by atoms with E-state index in [1.54, 1.807) is 6.20 Å². The topological polar surface area (TPSA) is 61.7 Å². The molecule has 5 nitrogen and oxygen atoms in total. The second kappa shape index (κ2) is 5.36. The zero-order valence-electron chi connectivity index (χ0n) is 11.7. The summed E-state index contributed by atoms with van der Waals surface area (Å²) in [7, 11) is 0. The molecule has 1 aromatic carbocycles. The highest BCUT2D eigenvalue weighted by atomic mass is 15.1. The van der Waals surface area contributed by atoms with Gasteiger partial charge in [-0.05, 0) is 24.6 Å². The van der Waals surface area contributed by atoms with E-state index in [1.165, 1.54) is 0 Å². The van der Waals surface area contributed by atoms with Crippen molar-refractivity contribution in [3.63, 3.8) is 0 Å². The van der Waals surface area contributed by atoms with Crippen LogP contribution in [-0.4, -0.2) is 19.1 Å². The van der Waals surface area contributed by atoms with Crippen molar-refractivity contribution in [2.24, 2.45) is 0 Å². The Kier molecular flexibility index (Phi) is 3.41. The summed E-state index contributed by atoms with van der Waals surface area (Å²) in [6.07, 6.45) is 7.70. The Labute approximate surface area is 118 Å². The fourth-order valence-electron chi connectivity index (χ4n) is 2.50. The van der Waals surface area contributed by atoms with Crippen LogP contribution in [0.2, 0.25) is 0 Å². The maximum atomic E-state index is 5.85. The average Bonchev–Trinajstić information content (AvgIpc) is 3.04. The van der Waals surface area contributed by atoms with E-state index >= 15 is 0 Å². The number of nitrogens with zero attached hydrogens (tertiary/aromatic N) is 4. The number of imidazole rings is 2. The summed E-state index contributed by atoms with van der Waals surface area (Å²) in [5.74, 6) is 1.13. The minimum atomic E-state index is 0.764. The van der Waals surface area contributed by atoms with Crippen LogP contribution in [0.15, 0.2) is 36.9 Å². The molecule has 0 amide bonds. The molecule has 0 spiro atoms. The quantitative estimate of drug-likeness (QED) is 0.724. The smallest absolute Gasteiger partial charge is 0.109 e. The van der Waals surface area contributed by atoms with Crippen molar-refractivity contribution in [3.8, 4) is 0 Å². The number of benzene rings is 1. The van der Waals surface area contributed by atoms with Gasteiger partial charge in [-0.25, -0.2) is 9.97 Å². The fraction of sp³-hybridized carbons (Fsp3) is 0.333. The van der Waals surface area contributed by atoms with Gasteiger partial charge in [-0.1, -0.05) is 6.92 Å². The van der Waals surface area contributed by atoms with Crippen molar-refractivity contribution in [2.45, 2.75) is 32.9 Å². The lowest BCUT2D eigenvalue weighted by atomic mass is 10.3. The first-order valence-corrected chi connectivity index (χ1v) is 6.98. The van der Waals surface area contributed by atoms with Crippen LogP contribution < -0.4 is 5.73 Å². The first-order chi connectivity index (χ1) is 9.78. The van der Waals surface area contributed by atoms with Crippen LogP contribution in [0, 0.1) is 0 Å². The van der Waals surface area contributed by atoms with E-state index in [0.717, 1.165) is 48.5 Å². The Morgan fingerprint density at radius 3 is 2.90 bits per heavy atom. The van der Waals surface area contributed by atoms with Gasteiger partial charge in [0.2, 0.25) is 0 Å². The van der Waals surface area contributed by atoms with E-state index in [-0.39, 0.29) is 0 Å². The highest BCUT2D eigenvalue weighted by Gasteiger charge is 2.10. The Hall–Kier alpha value is -2.30. The summed E-state index contributed by atoms with van der Waals surface area (Å²) >= 11 is 0. The Morgan fingerprint density at radius 1 is 1.25 bits per heavy atom. The number of hydrogen-bond acceptors (Lipinski definition) is 3. The second-order valence-electron chi connectivity index (χ2n) is 4.98. The third-order valence-corrected chi connectivity index (χ3v) is 3.47. The molecule has 0 aliphatic carbocycles. The third-order valence-electron chi connectivity index (χ3n) is 3.47. The van der Waals surface area contributed by atoms with E-state index in [4.69, 9.17) is 10.7 Å². The summed E-state index contributed by atoms with van der Waals surface area (Å²) in [5.41, 5.74) is 8.75. The lowest BCUT2D eigenvalue weighted by molar-refractivity contribution is 0.567. The molecule has 0 aliphatic rings. The van der Waals surface area contributed by atoms with Crippen LogP contribution in [0.4, 0.5) is 5.69 Å². The van der Waals surface area contributed by atoms with Crippen LogP contribution in [0.5, 0.6) is 0 Å². The Balaban J connectivity index is 1.95. The van der Waals surface area contributed by atoms with Crippen molar-refractivity contribution >= 4 is 16.7 Å². The molecule has 0 fully saturated rings. The lowest BCUT2D eigenvalue weighted by Crippen LogP contribution is -2.09. The van der Waals surface area contributed by atoms with Gasteiger partial charge in [-0.2, -0.15) is 0 Å². The van der Waals surface area contributed by atoms with Gasteiger partial charge in [-0.15, -0.1) is 0 Å². The molecule has 0 unspecified atom stereocenters. The van der Waals surface area contributed by atoms with Gasteiger partial charge in [0.15, 0.2) is 0 Å². The zero-order valence-corrected chi connectivity index (χ0v) is 11.7. The minimum Gasteiger partial charge on any atom is -0.399 e. The number of fused-ring (bicyclic) bond motifs is 1. The van der Waals surface area contributed by atoms with Crippen LogP contribution in [0.1, 0.15) is 19.2 Å². The minimum absolute atomic E-state index is 0.764. The van der Waals surface area contributed by atoms with Gasteiger partial charge in [0.05, 0.1) is 17.4 Å². The normalized spacial score (nSPS) is 11.2. The fourth-order valence-corrected chi connectivity index (χ4v) is 2.50. The van der Waals surface area contributed by atoms with Crippen molar-refractivity contribution in [3.05, 3.63) is 42.7 Å². The van der Waals surface area contributed by atoms with Gasteiger partial charge < -0.3 is 14.9 Å². The van der Waals surface area contributed by atoms with Crippen LogP contribution in [-0.2, 0) is 19.5 Å². The number of nitrogen functional groups attached to an aromatic ring is 1. The van der Waals surface area contributed by atoms with Crippen LogP contribution in [0.25, 0.3) is 11.0 Å². The molecule has 2 heterocycles. The van der Waals surface area contributed by atoms with Gasteiger partial charge in [0.25, 0.3) is 0 Å². The Morgan fingerprint density at radius 2 is 2.15 bits per heavy atom. The molecule has 0 radical (unpaired) electrons. The average molecular weight is 269 g/mol. The highest BCUT2D eigenvalue weighted by molar-refractivity contribution is 5.79. The maximum absolute atomic E-state index is 5.85. The molecule has 2 aromatic heterocycles. The molecular formula is C15H19N5. The van der Waals surface area contributed by atoms with E-state index < -0.39 is 0 Å². The third kappa shape index (κ3) is 2.39. The van der Waals surface area contributed by atoms with Crippen molar-refractivity contribution < 1.29 is 0 Å². The number of anilines is 1. The van der Waals surface area contributed by atoms with E-state index in [0.29, 0.717) is 0 Å². The van der Waals surface area contributed by atoms with E-state index in [2.05, 4.69) is 27.1 Å². The Bertz CT molecular complexity index is 696. The predicted molar refractivity (Wildman–Crippen MR) is 80.4 cm³/mol. The second-order valence-corrected chi connectivity index (χ2v) is 4.98. The molecule has 104 valence electrons. The van der Waals surface area contributed by atoms with E-state index in [9.17, 15) is 0 Å². The van der Waals surface area contributed by atoms with Crippen molar-refractivity contribution in [1.29, 1.82) is 0 Å². The van der Waals surface area contributed by atoms with Gasteiger partial charge >= 0.3 is 0 Å². The van der Waals surface area contributed by atoms with Crippen LogP contribution >= 0.6 is 0 Å².